The number of carbonyl (C=O) groups excluding carboxylic acids is 1. The molecule has 0 unspecified atom stereocenters. The third-order valence-corrected chi connectivity index (χ3v) is 5.06. The van der Waals surface area contributed by atoms with Gasteiger partial charge in [0, 0.05) is 13.6 Å². The Balaban J connectivity index is 2.10. The van der Waals surface area contributed by atoms with Gasteiger partial charge in [0.15, 0.2) is 0 Å². The smallest absolute Gasteiger partial charge is 0.243 e. The lowest BCUT2D eigenvalue weighted by molar-refractivity contribution is -0.124. The fourth-order valence-electron chi connectivity index (χ4n) is 2.42. The van der Waals surface area contributed by atoms with Gasteiger partial charge in [-0.1, -0.05) is 60.7 Å². The Morgan fingerprint density at radius 2 is 1.58 bits per heavy atom. The average Bonchev–Trinajstić information content (AvgIpc) is 2.56. The van der Waals surface area contributed by atoms with Crippen LogP contribution in [-0.2, 0) is 21.2 Å². The van der Waals surface area contributed by atoms with Gasteiger partial charge in [0.25, 0.3) is 0 Å². The maximum atomic E-state index is 12.6. The van der Waals surface area contributed by atoms with Crippen LogP contribution in [0.1, 0.15) is 17.2 Å². The van der Waals surface area contributed by atoms with Crippen LogP contribution >= 0.6 is 0 Å². The number of sulfonamides is 1. The van der Waals surface area contributed by atoms with E-state index in [1.165, 1.54) is 7.05 Å². The maximum Gasteiger partial charge on any atom is 0.243 e. The molecule has 2 aromatic carbocycles. The summed E-state index contributed by atoms with van der Waals surface area (Å²) < 4.78 is 24.9. The van der Waals surface area contributed by atoms with Crippen LogP contribution in [0.4, 0.5) is 0 Å². The summed E-state index contributed by atoms with van der Waals surface area (Å²) in [6.45, 7) is 0.448. The Hall–Kier alpha value is -2.18. The molecular weight excluding hydrogens is 324 g/mol. The fourth-order valence-corrected chi connectivity index (χ4v) is 3.03. The molecular formula is C18H22N2O3S. The average molecular weight is 346 g/mol. The molecule has 1 N–H and O–H groups in total. The number of likely N-dealkylation sites (N-methyl/N-ethyl adjacent to an activating group) is 1. The van der Waals surface area contributed by atoms with Gasteiger partial charge in [-0.3, -0.25) is 4.79 Å². The molecule has 0 aliphatic heterocycles. The lowest BCUT2D eigenvalue weighted by atomic mass is 10.1. The molecule has 0 radical (unpaired) electrons. The lowest BCUT2D eigenvalue weighted by Gasteiger charge is -2.25. The highest BCUT2D eigenvalue weighted by Crippen LogP contribution is 2.21. The Bertz CT molecular complexity index is 761. The van der Waals surface area contributed by atoms with Gasteiger partial charge in [0.1, 0.15) is 6.04 Å². The second-order valence-corrected chi connectivity index (χ2v) is 7.66. The summed E-state index contributed by atoms with van der Waals surface area (Å²) in [6.07, 6.45) is 1.79. The first-order valence-electron chi connectivity index (χ1n) is 7.69. The fraction of sp³-hybridized carbons (Fsp3) is 0.278. The molecule has 128 valence electrons. The minimum atomic E-state index is -3.50. The van der Waals surface area contributed by atoms with Gasteiger partial charge in [-0.05, 0) is 17.5 Å². The van der Waals surface area contributed by atoms with Crippen LogP contribution in [0.25, 0.3) is 0 Å². The minimum Gasteiger partial charge on any atom is -0.354 e. The van der Waals surface area contributed by atoms with Gasteiger partial charge < -0.3 is 5.32 Å². The highest BCUT2D eigenvalue weighted by atomic mass is 32.2. The molecule has 2 aromatic rings. The third kappa shape index (κ3) is 4.91. The number of nitrogens with one attached hydrogen (secondary N) is 1. The van der Waals surface area contributed by atoms with Crippen molar-refractivity contribution in [2.24, 2.45) is 0 Å². The predicted octanol–water partition coefficient (Wildman–Crippen LogP) is 1.98. The van der Waals surface area contributed by atoms with Crippen molar-refractivity contribution in [2.45, 2.75) is 12.5 Å². The first-order valence-corrected chi connectivity index (χ1v) is 9.54. The van der Waals surface area contributed by atoms with E-state index in [0.29, 0.717) is 18.5 Å². The lowest BCUT2D eigenvalue weighted by Crippen LogP contribution is -2.41. The van der Waals surface area contributed by atoms with Gasteiger partial charge >= 0.3 is 0 Å². The largest absolute Gasteiger partial charge is 0.354 e. The SMILES string of the molecule is CN([C@H](C(=O)NCCc1ccccc1)c1ccccc1)S(C)(=O)=O. The number of amides is 1. The summed E-state index contributed by atoms with van der Waals surface area (Å²) in [6, 6.07) is 17.8. The summed E-state index contributed by atoms with van der Waals surface area (Å²) in [7, 11) is -2.08. The van der Waals surface area contributed by atoms with Crippen LogP contribution in [0.2, 0.25) is 0 Å². The van der Waals surface area contributed by atoms with E-state index in [0.717, 1.165) is 16.1 Å². The zero-order valence-corrected chi connectivity index (χ0v) is 14.7. The molecule has 2 rings (SSSR count). The first-order chi connectivity index (χ1) is 11.4. The van der Waals surface area contributed by atoms with Crippen LogP contribution in [0, 0.1) is 0 Å². The van der Waals surface area contributed by atoms with Gasteiger partial charge in [-0.25, -0.2) is 8.42 Å². The Kier molecular flexibility index (Phi) is 6.11. The maximum absolute atomic E-state index is 12.6. The quantitative estimate of drug-likeness (QED) is 0.834. The highest BCUT2D eigenvalue weighted by molar-refractivity contribution is 7.88. The van der Waals surface area contributed by atoms with E-state index in [4.69, 9.17) is 0 Å². The first kappa shape index (κ1) is 18.2. The van der Waals surface area contributed by atoms with E-state index >= 15 is 0 Å². The van der Waals surface area contributed by atoms with Gasteiger partial charge in [-0.2, -0.15) is 4.31 Å². The number of carbonyl (C=O) groups is 1. The van der Waals surface area contributed by atoms with Crippen LogP contribution in [0.3, 0.4) is 0 Å². The van der Waals surface area contributed by atoms with Crippen molar-refractivity contribution < 1.29 is 13.2 Å². The Morgan fingerprint density at radius 1 is 1.04 bits per heavy atom. The van der Waals surface area contributed by atoms with Crippen molar-refractivity contribution in [1.29, 1.82) is 0 Å². The Labute approximate surface area is 143 Å². The molecule has 1 atom stereocenters. The molecule has 0 spiro atoms. The van der Waals surface area contributed by atoms with E-state index in [1.807, 2.05) is 36.4 Å². The van der Waals surface area contributed by atoms with Crippen molar-refractivity contribution >= 4 is 15.9 Å². The molecule has 6 heteroatoms. The zero-order chi connectivity index (χ0) is 17.6. The van der Waals surface area contributed by atoms with E-state index in [1.54, 1.807) is 24.3 Å². The van der Waals surface area contributed by atoms with Crippen molar-refractivity contribution in [2.75, 3.05) is 19.8 Å². The molecule has 0 saturated heterocycles. The van der Waals surface area contributed by atoms with Crippen LogP contribution in [0.15, 0.2) is 60.7 Å². The van der Waals surface area contributed by atoms with Crippen molar-refractivity contribution in [3.05, 3.63) is 71.8 Å². The molecule has 0 aliphatic rings. The number of benzene rings is 2. The normalized spacial score (nSPS) is 12.8. The summed E-state index contributed by atoms with van der Waals surface area (Å²) >= 11 is 0. The van der Waals surface area contributed by atoms with Crippen molar-refractivity contribution in [3.63, 3.8) is 0 Å². The zero-order valence-electron chi connectivity index (χ0n) is 13.8. The molecule has 0 heterocycles. The van der Waals surface area contributed by atoms with Gasteiger partial charge in [0.05, 0.1) is 6.26 Å². The molecule has 0 aliphatic carbocycles. The topological polar surface area (TPSA) is 66.5 Å². The third-order valence-electron chi connectivity index (χ3n) is 3.81. The molecule has 1 amide bonds. The molecule has 0 saturated carbocycles. The summed E-state index contributed by atoms with van der Waals surface area (Å²) in [5, 5.41) is 2.84. The monoisotopic (exact) mass is 346 g/mol. The molecule has 0 bridgehead atoms. The number of rotatable bonds is 7. The number of hydrogen-bond acceptors (Lipinski definition) is 3. The second-order valence-electron chi connectivity index (χ2n) is 5.62. The Morgan fingerprint density at radius 3 is 2.12 bits per heavy atom. The van der Waals surface area contributed by atoms with Crippen molar-refractivity contribution in [3.8, 4) is 0 Å². The number of nitrogens with zero attached hydrogens (tertiary/aromatic N) is 1. The van der Waals surface area contributed by atoms with E-state index < -0.39 is 16.1 Å². The van der Waals surface area contributed by atoms with Gasteiger partial charge in [-0.15, -0.1) is 0 Å². The van der Waals surface area contributed by atoms with E-state index in [-0.39, 0.29) is 5.91 Å². The number of hydrogen-bond donors (Lipinski definition) is 1. The summed E-state index contributed by atoms with van der Waals surface area (Å²) in [5.74, 6) is -0.329. The van der Waals surface area contributed by atoms with Gasteiger partial charge in [0.2, 0.25) is 15.9 Å². The van der Waals surface area contributed by atoms with Crippen LogP contribution in [0.5, 0.6) is 0 Å². The molecule has 24 heavy (non-hydrogen) atoms. The molecule has 0 fully saturated rings. The standard InChI is InChI=1S/C18H22N2O3S/c1-20(24(2,22)23)17(16-11-7-4-8-12-16)18(21)19-14-13-15-9-5-3-6-10-15/h3-12,17H,13-14H2,1-2H3,(H,19,21)/t17-/m0/s1. The summed E-state index contributed by atoms with van der Waals surface area (Å²) in [5.41, 5.74) is 1.76. The minimum absolute atomic E-state index is 0.329. The summed E-state index contributed by atoms with van der Waals surface area (Å²) in [4.78, 5) is 12.6. The predicted molar refractivity (Wildman–Crippen MR) is 94.9 cm³/mol. The van der Waals surface area contributed by atoms with Crippen molar-refractivity contribution in [1.82, 2.24) is 9.62 Å². The van der Waals surface area contributed by atoms with E-state index in [9.17, 15) is 13.2 Å². The van der Waals surface area contributed by atoms with Crippen LogP contribution < -0.4 is 5.32 Å². The highest BCUT2D eigenvalue weighted by Gasteiger charge is 2.30. The molecule has 0 aromatic heterocycles. The molecule has 5 nitrogen and oxygen atoms in total. The second kappa shape index (κ2) is 8.08. The van der Waals surface area contributed by atoms with Crippen LogP contribution in [-0.4, -0.2) is 38.5 Å². The van der Waals surface area contributed by atoms with E-state index in [2.05, 4.69) is 5.32 Å².